The predicted octanol–water partition coefficient (Wildman–Crippen LogP) is 3.30. The van der Waals surface area contributed by atoms with Gasteiger partial charge in [0.25, 0.3) is 0 Å². The molecule has 2 atom stereocenters. The van der Waals surface area contributed by atoms with Gasteiger partial charge in [-0.3, -0.25) is 4.90 Å². The number of hydrogen-bond acceptors (Lipinski definition) is 5. The molecule has 0 unspecified atom stereocenters. The van der Waals surface area contributed by atoms with Gasteiger partial charge in [-0.05, 0) is 43.5 Å². The van der Waals surface area contributed by atoms with Crippen molar-refractivity contribution in [2.24, 2.45) is 5.92 Å². The van der Waals surface area contributed by atoms with E-state index < -0.39 is 0 Å². The summed E-state index contributed by atoms with van der Waals surface area (Å²) in [6.45, 7) is 9.08. The SMILES string of the molecule is COc1cc(C)c(CN2C[C@@H](Cc3cc(C)no3)[C@@H](OC)C2)cc1C. The Kier molecular flexibility index (Phi) is 5.45. The molecule has 0 bridgehead atoms. The fourth-order valence-electron chi connectivity index (χ4n) is 3.77. The maximum absolute atomic E-state index is 5.74. The molecule has 5 nitrogen and oxygen atoms in total. The minimum absolute atomic E-state index is 0.227. The van der Waals surface area contributed by atoms with E-state index in [0.717, 1.165) is 43.3 Å². The first-order valence-corrected chi connectivity index (χ1v) is 8.81. The number of likely N-dealkylation sites (tertiary alicyclic amines) is 1. The van der Waals surface area contributed by atoms with Crippen molar-refractivity contribution in [1.29, 1.82) is 0 Å². The topological polar surface area (TPSA) is 47.7 Å². The quantitative estimate of drug-likeness (QED) is 0.805. The lowest BCUT2D eigenvalue weighted by molar-refractivity contribution is 0.0761. The standard InChI is InChI=1S/C20H28N2O3/c1-13-7-19(23-4)14(2)6-16(13)10-22-11-17(20(12-22)24-5)9-18-8-15(3)21-25-18/h6-8,17,20H,9-12H2,1-5H3/t17-,20+/m1/s1. The van der Waals surface area contributed by atoms with Gasteiger partial charge in [0.2, 0.25) is 0 Å². The normalized spacial score (nSPS) is 21.0. The van der Waals surface area contributed by atoms with E-state index in [1.165, 1.54) is 16.7 Å². The molecule has 0 aliphatic carbocycles. The Morgan fingerprint density at radius 2 is 1.92 bits per heavy atom. The molecule has 1 aliphatic heterocycles. The Morgan fingerprint density at radius 3 is 2.56 bits per heavy atom. The molecule has 0 N–H and O–H groups in total. The zero-order valence-corrected chi connectivity index (χ0v) is 15.8. The Labute approximate surface area is 149 Å². The van der Waals surface area contributed by atoms with Crippen LogP contribution in [0.15, 0.2) is 22.7 Å². The second kappa shape index (κ2) is 7.58. The molecule has 0 radical (unpaired) electrons. The molecule has 25 heavy (non-hydrogen) atoms. The number of aryl methyl sites for hydroxylation is 3. The highest BCUT2D eigenvalue weighted by atomic mass is 16.5. The number of methoxy groups -OCH3 is 2. The zero-order valence-electron chi connectivity index (χ0n) is 15.8. The molecule has 1 aromatic carbocycles. The molecule has 1 aromatic heterocycles. The summed E-state index contributed by atoms with van der Waals surface area (Å²) in [6.07, 6.45) is 1.10. The molecule has 136 valence electrons. The van der Waals surface area contributed by atoms with E-state index in [4.69, 9.17) is 14.0 Å². The zero-order chi connectivity index (χ0) is 18.0. The maximum atomic E-state index is 5.74. The van der Waals surface area contributed by atoms with Gasteiger partial charge < -0.3 is 14.0 Å². The van der Waals surface area contributed by atoms with Gasteiger partial charge in [-0.1, -0.05) is 11.2 Å². The average molecular weight is 344 g/mol. The smallest absolute Gasteiger partial charge is 0.137 e. The van der Waals surface area contributed by atoms with E-state index in [2.05, 4.69) is 36.0 Å². The Hall–Kier alpha value is -1.85. The number of hydrogen-bond donors (Lipinski definition) is 0. The molecule has 0 saturated carbocycles. The summed E-state index contributed by atoms with van der Waals surface area (Å²) in [5.41, 5.74) is 4.73. The number of ether oxygens (including phenoxy) is 2. The van der Waals surface area contributed by atoms with Crippen LogP contribution >= 0.6 is 0 Å². The van der Waals surface area contributed by atoms with Gasteiger partial charge in [0.1, 0.15) is 11.5 Å². The van der Waals surface area contributed by atoms with Gasteiger partial charge in [-0.15, -0.1) is 0 Å². The molecule has 2 heterocycles. The van der Waals surface area contributed by atoms with Crippen molar-refractivity contribution in [3.8, 4) is 5.75 Å². The van der Waals surface area contributed by atoms with Gasteiger partial charge >= 0.3 is 0 Å². The first-order valence-electron chi connectivity index (χ1n) is 8.81. The largest absolute Gasteiger partial charge is 0.496 e. The third kappa shape index (κ3) is 4.05. The van der Waals surface area contributed by atoms with Crippen LogP contribution in [-0.2, 0) is 17.7 Å². The second-order valence-electron chi connectivity index (χ2n) is 7.12. The van der Waals surface area contributed by atoms with E-state index >= 15 is 0 Å². The van der Waals surface area contributed by atoms with Crippen molar-refractivity contribution in [1.82, 2.24) is 10.1 Å². The molecule has 0 spiro atoms. The first-order chi connectivity index (χ1) is 12.0. The molecule has 1 saturated heterocycles. The van der Waals surface area contributed by atoms with Crippen LogP contribution in [0.25, 0.3) is 0 Å². The van der Waals surface area contributed by atoms with Crippen molar-refractivity contribution in [3.05, 3.63) is 46.3 Å². The van der Waals surface area contributed by atoms with Gasteiger partial charge in [-0.25, -0.2) is 0 Å². The Morgan fingerprint density at radius 1 is 1.12 bits per heavy atom. The summed E-state index contributed by atoms with van der Waals surface area (Å²) >= 11 is 0. The van der Waals surface area contributed by atoms with Crippen LogP contribution in [0.5, 0.6) is 5.75 Å². The summed E-state index contributed by atoms with van der Waals surface area (Å²) in [4.78, 5) is 2.47. The fourth-order valence-corrected chi connectivity index (χ4v) is 3.77. The molecule has 2 aromatic rings. The number of benzene rings is 1. The lowest BCUT2D eigenvalue weighted by atomic mass is 10.0. The van der Waals surface area contributed by atoms with Crippen LogP contribution in [-0.4, -0.2) is 43.5 Å². The van der Waals surface area contributed by atoms with E-state index in [0.29, 0.717) is 5.92 Å². The van der Waals surface area contributed by atoms with Crippen molar-refractivity contribution >= 4 is 0 Å². The van der Waals surface area contributed by atoms with E-state index in [1.807, 2.05) is 13.0 Å². The summed E-state index contributed by atoms with van der Waals surface area (Å²) < 4.78 is 16.6. The van der Waals surface area contributed by atoms with Crippen LogP contribution in [0.1, 0.15) is 28.1 Å². The third-order valence-electron chi connectivity index (χ3n) is 5.15. The van der Waals surface area contributed by atoms with Crippen molar-refractivity contribution in [2.75, 3.05) is 27.3 Å². The maximum Gasteiger partial charge on any atom is 0.137 e. The second-order valence-corrected chi connectivity index (χ2v) is 7.12. The molecule has 5 heteroatoms. The number of nitrogens with zero attached hydrogens (tertiary/aromatic N) is 2. The van der Waals surface area contributed by atoms with Crippen LogP contribution in [0.4, 0.5) is 0 Å². The van der Waals surface area contributed by atoms with Crippen LogP contribution < -0.4 is 4.74 Å². The molecular weight excluding hydrogens is 316 g/mol. The fraction of sp³-hybridized carbons (Fsp3) is 0.550. The van der Waals surface area contributed by atoms with Crippen molar-refractivity contribution in [3.63, 3.8) is 0 Å². The molecule has 1 fully saturated rings. The molecule has 3 rings (SSSR count). The predicted molar refractivity (Wildman–Crippen MR) is 97.0 cm³/mol. The lowest BCUT2D eigenvalue weighted by Crippen LogP contribution is -2.23. The molecule has 1 aliphatic rings. The highest BCUT2D eigenvalue weighted by Gasteiger charge is 2.33. The summed E-state index contributed by atoms with van der Waals surface area (Å²) in [7, 11) is 3.52. The highest BCUT2D eigenvalue weighted by molar-refractivity contribution is 5.41. The minimum Gasteiger partial charge on any atom is -0.496 e. The van der Waals surface area contributed by atoms with Crippen molar-refractivity contribution < 1.29 is 14.0 Å². The van der Waals surface area contributed by atoms with Crippen LogP contribution in [0.2, 0.25) is 0 Å². The lowest BCUT2D eigenvalue weighted by Gasteiger charge is -2.18. The van der Waals surface area contributed by atoms with E-state index in [-0.39, 0.29) is 6.10 Å². The van der Waals surface area contributed by atoms with Gasteiger partial charge in [-0.2, -0.15) is 0 Å². The third-order valence-corrected chi connectivity index (χ3v) is 5.15. The Balaban J connectivity index is 1.69. The summed E-state index contributed by atoms with van der Waals surface area (Å²) in [6, 6.07) is 6.39. The minimum atomic E-state index is 0.227. The first kappa shape index (κ1) is 18.0. The Bertz CT molecular complexity index is 726. The van der Waals surface area contributed by atoms with E-state index in [9.17, 15) is 0 Å². The average Bonchev–Trinajstić information content (AvgIpc) is 3.16. The highest BCUT2D eigenvalue weighted by Crippen LogP contribution is 2.28. The van der Waals surface area contributed by atoms with Crippen molar-refractivity contribution in [2.45, 2.75) is 39.8 Å². The number of aromatic nitrogens is 1. The summed E-state index contributed by atoms with van der Waals surface area (Å²) in [5.74, 6) is 2.33. The van der Waals surface area contributed by atoms with Crippen LogP contribution in [0, 0.1) is 26.7 Å². The molecule has 0 amide bonds. The van der Waals surface area contributed by atoms with Gasteiger partial charge in [0.05, 0.1) is 18.9 Å². The van der Waals surface area contributed by atoms with Crippen LogP contribution in [0.3, 0.4) is 0 Å². The summed E-state index contributed by atoms with van der Waals surface area (Å²) in [5, 5.41) is 3.99. The van der Waals surface area contributed by atoms with Gasteiger partial charge in [0.15, 0.2) is 0 Å². The monoisotopic (exact) mass is 344 g/mol. The van der Waals surface area contributed by atoms with Gasteiger partial charge in [0, 0.05) is 45.1 Å². The molecular formula is C20H28N2O3. The van der Waals surface area contributed by atoms with E-state index in [1.54, 1.807) is 14.2 Å². The number of rotatable bonds is 6.